The second kappa shape index (κ2) is 9.21. The highest BCUT2D eigenvalue weighted by molar-refractivity contribution is 5.97. The average Bonchev–Trinajstić information content (AvgIpc) is 2.66. The molecule has 0 aliphatic carbocycles. The summed E-state index contributed by atoms with van der Waals surface area (Å²) in [5.74, 6) is 0.332. The molecule has 0 radical (unpaired) electrons. The molecule has 0 bridgehead atoms. The Bertz CT molecular complexity index is 784. The SMILES string of the molecule is COc1ccccc1CN(C)C(=O)C(NC(=O)c1ccc(C)cc1)C(C)C. The van der Waals surface area contributed by atoms with Gasteiger partial charge in [-0.1, -0.05) is 49.7 Å². The van der Waals surface area contributed by atoms with Crippen LogP contribution in [-0.4, -0.2) is 36.9 Å². The Balaban J connectivity index is 2.11. The topological polar surface area (TPSA) is 58.6 Å². The number of hydrogen-bond donors (Lipinski definition) is 1. The lowest BCUT2D eigenvalue weighted by molar-refractivity contribution is -0.133. The van der Waals surface area contributed by atoms with Gasteiger partial charge in [-0.3, -0.25) is 9.59 Å². The number of likely N-dealkylation sites (N-methyl/N-ethyl adjacent to an activating group) is 1. The second-order valence-electron chi connectivity index (χ2n) is 7.07. The smallest absolute Gasteiger partial charge is 0.251 e. The molecule has 0 saturated heterocycles. The Hall–Kier alpha value is -2.82. The molecule has 1 unspecified atom stereocenters. The van der Waals surface area contributed by atoms with Gasteiger partial charge in [-0.05, 0) is 31.0 Å². The van der Waals surface area contributed by atoms with Gasteiger partial charge in [0.15, 0.2) is 0 Å². The van der Waals surface area contributed by atoms with Crippen LogP contribution in [0.15, 0.2) is 48.5 Å². The first-order chi connectivity index (χ1) is 12.8. The molecule has 0 aliphatic rings. The predicted octanol–water partition coefficient (Wildman–Crippen LogP) is 3.42. The van der Waals surface area contributed by atoms with Gasteiger partial charge >= 0.3 is 0 Å². The van der Waals surface area contributed by atoms with Crippen molar-refractivity contribution in [1.29, 1.82) is 0 Å². The van der Waals surface area contributed by atoms with E-state index in [0.717, 1.165) is 16.9 Å². The first-order valence-corrected chi connectivity index (χ1v) is 9.08. The number of para-hydroxylation sites is 1. The van der Waals surface area contributed by atoms with Crippen molar-refractivity contribution >= 4 is 11.8 Å². The van der Waals surface area contributed by atoms with E-state index >= 15 is 0 Å². The Morgan fingerprint density at radius 1 is 1.07 bits per heavy atom. The number of carbonyl (C=O) groups excluding carboxylic acids is 2. The molecule has 2 rings (SSSR count). The maximum Gasteiger partial charge on any atom is 0.251 e. The first kappa shape index (κ1) is 20.5. The van der Waals surface area contributed by atoms with Gasteiger partial charge in [0, 0.05) is 24.7 Å². The van der Waals surface area contributed by atoms with Crippen LogP contribution < -0.4 is 10.1 Å². The normalized spacial score (nSPS) is 11.8. The average molecular weight is 368 g/mol. The fourth-order valence-corrected chi connectivity index (χ4v) is 2.85. The van der Waals surface area contributed by atoms with Crippen LogP contribution >= 0.6 is 0 Å². The highest BCUT2D eigenvalue weighted by atomic mass is 16.5. The van der Waals surface area contributed by atoms with E-state index in [0.29, 0.717) is 12.1 Å². The Kier molecular flexibility index (Phi) is 6.99. The predicted molar refractivity (Wildman–Crippen MR) is 107 cm³/mol. The van der Waals surface area contributed by atoms with E-state index in [2.05, 4.69) is 5.32 Å². The maximum atomic E-state index is 13.0. The molecular formula is C22H28N2O3. The molecule has 2 aromatic carbocycles. The summed E-state index contributed by atoms with van der Waals surface area (Å²) in [6.07, 6.45) is 0. The molecule has 27 heavy (non-hydrogen) atoms. The third-order valence-electron chi connectivity index (χ3n) is 4.51. The summed E-state index contributed by atoms with van der Waals surface area (Å²) in [5, 5.41) is 2.89. The number of amides is 2. The van der Waals surface area contributed by atoms with E-state index in [-0.39, 0.29) is 17.7 Å². The lowest BCUT2D eigenvalue weighted by Gasteiger charge is -2.27. The van der Waals surface area contributed by atoms with Crippen molar-refractivity contribution in [2.75, 3.05) is 14.2 Å². The standard InChI is InChI=1S/C22H28N2O3/c1-15(2)20(23-21(25)17-12-10-16(3)11-13-17)22(26)24(4)14-18-8-6-7-9-19(18)27-5/h6-13,15,20H,14H2,1-5H3,(H,23,25). The number of carbonyl (C=O) groups is 2. The monoisotopic (exact) mass is 368 g/mol. The second-order valence-corrected chi connectivity index (χ2v) is 7.07. The number of methoxy groups -OCH3 is 1. The number of ether oxygens (including phenoxy) is 1. The number of nitrogens with one attached hydrogen (secondary N) is 1. The van der Waals surface area contributed by atoms with Gasteiger partial charge < -0.3 is 15.0 Å². The van der Waals surface area contributed by atoms with Crippen molar-refractivity contribution in [3.05, 3.63) is 65.2 Å². The fraction of sp³-hybridized carbons (Fsp3) is 0.364. The van der Waals surface area contributed by atoms with Crippen LogP contribution in [0.5, 0.6) is 5.75 Å². The molecule has 5 heteroatoms. The molecule has 2 aromatic rings. The highest BCUT2D eigenvalue weighted by Gasteiger charge is 2.27. The fourth-order valence-electron chi connectivity index (χ4n) is 2.85. The zero-order chi connectivity index (χ0) is 20.0. The molecule has 2 amide bonds. The van der Waals surface area contributed by atoms with Gasteiger partial charge in [0.2, 0.25) is 5.91 Å². The summed E-state index contributed by atoms with van der Waals surface area (Å²) >= 11 is 0. The number of nitrogens with zero attached hydrogens (tertiary/aromatic N) is 1. The summed E-state index contributed by atoms with van der Waals surface area (Å²) in [7, 11) is 3.35. The van der Waals surface area contributed by atoms with Crippen molar-refractivity contribution in [3.8, 4) is 5.75 Å². The zero-order valence-corrected chi connectivity index (χ0v) is 16.7. The number of hydrogen-bond acceptors (Lipinski definition) is 3. The Morgan fingerprint density at radius 2 is 1.70 bits per heavy atom. The molecular weight excluding hydrogens is 340 g/mol. The van der Waals surface area contributed by atoms with Crippen LogP contribution in [0.4, 0.5) is 0 Å². The van der Waals surface area contributed by atoms with Gasteiger partial charge in [-0.15, -0.1) is 0 Å². The Morgan fingerprint density at radius 3 is 2.30 bits per heavy atom. The summed E-state index contributed by atoms with van der Waals surface area (Å²) in [6.45, 7) is 6.23. The van der Waals surface area contributed by atoms with Crippen LogP contribution in [0.2, 0.25) is 0 Å². The molecule has 0 aliphatic heterocycles. The molecule has 0 fully saturated rings. The van der Waals surface area contributed by atoms with Crippen LogP contribution in [0.25, 0.3) is 0 Å². The van der Waals surface area contributed by atoms with Gasteiger partial charge in [-0.2, -0.15) is 0 Å². The summed E-state index contributed by atoms with van der Waals surface area (Å²) in [5.41, 5.74) is 2.55. The van der Waals surface area contributed by atoms with Crippen LogP contribution in [0, 0.1) is 12.8 Å². The summed E-state index contributed by atoms with van der Waals surface area (Å²) in [6, 6.07) is 14.3. The van der Waals surface area contributed by atoms with E-state index in [1.165, 1.54) is 0 Å². The first-order valence-electron chi connectivity index (χ1n) is 9.08. The van der Waals surface area contributed by atoms with Crippen molar-refractivity contribution in [2.45, 2.75) is 33.4 Å². The van der Waals surface area contributed by atoms with Crippen molar-refractivity contribution in [1.82, 2.24) is 10.2 Å². The highest BCUT2D eigenvalue weighted by Crippen LogP contribution is 2.19. The molecule has 0 spiro atoms. The van der Waals surface area contributed by atoms with E-state index in [4.69, 9.17) is 4.74 Å². The van der Waals surface area contributed by atoms with E-state index in [9.17, 15) is 9.59 Å². The van der Waals surface area contributed by atoms with Crippen LogP contribution in [0.3, 0.4) is 0 Å². The van der Waals surface area contributed by atoms with Gasteiger partial charge in [-0.25, -0.2) is 0 Å². The lowest BCUT2D eigenvalue weighted by atomic mass is 10.0. The minimum Gasteiger partial charge on any atom is -0.496 e. The molecule has 0 heterocycles. The minimum atomic E-state index is -0.599. The van der Waals surface area contributed by atoms with E-state index < -0.39 is 6.04 Å². The quantitative estimate of drug-likeness (QED) is 0.815. The van der Waals surface area contributed by atoms with E-state index in [1.807, 2.05) is 57.2 Å². The molecule has 144 valence electrons. The largest absolute Gasteiger partial charge is 0.496 e. The zero-order valence-electron chi connectivity index (χ0n) is 16.7. The molecule has 0 saturated carbocycles. The summed E-state index contributed by atoms with van der Waals surface area (Å²) in [4.78, 5) is 27.2. The third kappa shape index (κ3) is 5.33. The van der Waals surface area contributed by atoms with Crippen molar-refractivity contribution < 1.29 is 14.3 Å². The molecule has 1 N–H and O–H groups in total. The molecule has 0 aromatic heterocycles. The molecule has 5 nitrogen and oxygen atoms in total. The van der Waals surface area contributed by atoms with E-state index in [1.54, 1.807) is 31.2 Å². The minimum absolute atomic E-state index is 0.0352. The van der Waals surface area contributed by atoms with Crippen LogP contribution in [0.1, 0.15) is 35.3 Å². The van der Waals surface area contributed by atoms with Crippen molar-refractivity contribution in [2.24, 2.45) is 5.92 Å². The van der Waals surface area contributed by atoms with Gasteiger partial charge in [0.05, 0.1) is 7.11 Å². The maximum absolute atomic E-state index is 13.0. The number of benzene rings is 2. The summed E-state index contributed by atoms with van der Waals surface area (Å²) < 4.78 is 5.36. The number of aryl methyl sites for hydroxylation is 1. The van der Waals surface area contributed by atoms with Crippen molar-refractivity contribution in [3.63, 3.8) is 0 Å². The van der Waals surface area contributed by atoms with Gasteiger partial charge in [0.1, 0.15) is 11.8 Å². The van der Waals surface area contributed by atoms with Gasteiger partial charge in [0.25, 0.3) is 5.91 Å². The molecule has 1 atom stereocenters. The lowest BCUT2D eigenvalue weighted by Crippen LogP contribution is -2.50. The van der Waals surface area contributed by atoms with Crippen LogP contribution in [-0.2, 0) is 11.3 Å². The third-order valence-corrected chi connectivity index (χ3v) is 4.51. The number of rotatable bonds is 7. The Labute approximate surface area is 161 Å².